The zero-order valence-corrected chi connectivity index (χ0v) is 40.2. The highest BCUT2D eigenvalue weighted by molar-refractivity contribution is 14.1. The first kappa shape index (κ1) is 58.7. The average Bonchev–Trinajstić information content (AvgIpc) is 3.29. The maximum Gasteiger partial charge on any atom is 0.332 e. The molecule has 0 spiro atoms. The number of hydrogen-bond donors (Lipinski definition) is 3. The number of hydrogen-bond acceptors (Lipinski definition) is 18. The van der Waals surface area contributed by atoms with Crippen LogP contribution in [-0.2, 0) is 76.0 Å². The molecule has 0 aromatic heterocycles. The quantitative estimate of drug-likeness (QED) is 0.0577. The Labute approximate surface area is 400 Å². The molecule has 0 unspecified atom stereocenters. The van der Waals surface area contributed by atoms with Crippen LogP contribution in [0.3, 0.4) is 0 Å². The van der Waals surface area contributed by atoms with Crippen molar-refractivity contribution >= 4 is 57.9 Å². The third-order valence-corrected chi connectivity index (χ3v) is 9.55. The van der Waals surface area contributed by atoms with Gasteiger partial charge >= 0.3 is 6.03 Å². The Morgan fingerprint density at radius 3 is 1.38 bits per heavy atom. The third-order valence-electron chi connectivity index (χ3n) is 8.88. The van der Waals surface area contributed by atoms with Gasteiger partial charge in [-0.25, -0.2) is 9.69 Å². The molecule has 1 heterocycles. The molecule has 0 radical (unpaired) electrons. The molecule has 0 saturated carbocycles. The van der Waals surface area contributed by atoms with Crippen molar-refractivity contribution < 1.29 is 85.6 Å². The van der Waals surface area contributed by atoms with E-state index in [0.717, 1.165) is 8.47 Å². The van der Waals surface area contributed by atoms with Crippen molar-refractivity contribution in [1.29, 1.82) is 0 Å². The Morgan fingerprint density at radius 1 is 0.606 bits per heavy atom. The van der Waals surface area contributed by atoms with E-state index in [0.29, 0.717) is 150 Å². The number of amides is 6. The number of methoxy groups -OCH3 is 1. The number of halogens is 1. The second-order valence-corrected chi connectivity index (χ2v) is 15.2. The summed E-state index contributed by atoms with van der Waals surface area (Å²) in [5, 5.41) is 2.57. The number of nitrogens with zero attached hydrogens (tertiary/aromatic N) is 2. The Morgan fingerprint density at radius 2 is 1.00 bits per heavy atom. The van der Waals surface area contributed by atoms with Crippen molar-refractivity contribution in [3.63, 3.8) is 0 Å². The van der Waals surface area contributed by atoms with Crippen LogP contribution in [0.5, 0.6) is 5.75 Å². The normalized spacial score (nSPS) is 13.4. The fourth-order valence-corrected chi connectivity index (χ4v) is 6.01. The van der Waals surface area contributed by atoms with E-state index in [-0.39, 0.29) is 58.2 Å². The molecule has 1 atom stereocenters. The van der Waals surface area contributed by atoms with Crippen LogP contribution in [0.1, 0.15) is 19.3 Å². The highest BCUT2D eigenvalue weighted by Gasteiger charge is 2.35. The summed E-state index contributed by atoms with van der Waals surface area (Å²) in [6.45, 7) is 8.87. The van der Waals surface area contributed by atoms with Crippen molar-refractivity contribution in [3.8, 4) is 5.75 Å². The fourth-order valence-electron chi connectivity index (χ4n) is 5.53. The summed E-state index contributed by atoms with van der Waals surface area (Å²) in [5.74, 6) is -2.60. The Kier molecular flexibility index (Phi) is 35.2. The van der Waals surface area contributed by atoms with Gasteiger partial charge in [-0.15, -0.1) is 0 Å². The smallest absolute Gasteiger partial charge is 0.332 e. The number of nitrogens with one attached hydrogen (secondary N) is 1. The molecular formula is C42H70IN5O18. The van der Waals surface area contributed by atoms with Crippen LogP contribution >= 0.6 is 22.6 Å². The zero-order valence-electron chi connectivity index (χ0n) is 38.1. The number of carbonyl (C=O) groups is 5. The lowest BCUT2D eigenvalue weighted by Gasteiger charge is -2.35. The number of imide groups is 1. The number of nitrogens with two attached hydrogens (primary N) is 2. The second-order valence-electron chi connectivity index (χ2n) is 13.9. The molecule has 378 valence electrons. The van der Waals surface area contributed by atoms with Gasteiger partial charge in [-0.2, -0.15) is 0 Å². The molecule has 1 aromatic rings. The molecule has 1 aliphatic rings. The van der Waals surface area contributed by atoms with Gasteiger partial charge in [-0.3, -0.25) is 24.1 Å². The molecule has 1 aromatic carbocycles. The summed E-state index contributed by atoms with van der Waals surface area (Å²) in [6.07, 6.45) is -0.0334. The first-order valence-electron chi connectivity index (χ1n) is 21.9. The molecule has 0 bridgehead atoms. The minimum Gasteiger partial charge on any atom is -0.495 e. The maximum atomic E-state index is 13.3. The Bertz CT molecular complexity index is 1490. The predicted molar refractivity (Wildman–Crippen MR) is 244 cm³/mol. The number of anilines is 1. The van der Waals surface area contributed by atoms with Crippen molar-refractivity contribution in [2.24, 2.45) is 17.4 Å². The number of rotatable bonds is 45. The van der Waals surface area contributed by atoms with E-state index in [4.69, 9.17) is 73.0 Å². The van der Waals surface area contributed by atoms with E-state index in [1.807, 2.05) is 6.07 Å². The lowest BCUT2D eigenvalue weighted by Crippen LogP contribution is -2.56. The molecule has 66 heavy (non-hydrogen) atoms. The van der Waals surface area contributed by atoms with Gasteiger partial charge < -0.3 is 78.4 Å². The van der Waals surface area contributed by atoms with Crippen molar-refractivity contribution in [2.75, 3.05) is 184 Å². The number of ether oxygens (including phenoxy) is 13. The van der Waals surface area contributed by atoms with E-state index >= 15 is 0 Å². The van der Waals surface area contributed by atoms with Gasteiger partial charge in [0.15, 0.2) is 0 Å². The molecule has 2 rings (SSSR count). The minimum absolute atomic E-state index is 0.0496. The highest BCUT2D eigenvalue weighted by atomic mass is 127. The largest absolute Gasteiger partial charge is 0.495 e. The van der Waals surface area contributed by atoms with E-state index in [1.54, 1.807) is 12.1 Å². The van der Waals surface area contributed by atoms with Gasteiger partial charge in [0, 0.05) is 29.4 Å². The van der Waals surface area contributed by atoms with Crippen LogP contribution in [0.4, 0.5) is 10.5 Å². The molecule has 1 aliphatic heterocycles. The second kappa shape index (κ2) is 39.6. The zero-order chi connectivity index (χ0) is 47.9. The molecule has 5 N–H and O–H groups in total. The molecule has 24 heteroatoms. The molecule has 1 saturated heterocycles. The van der Waals surface area contributed by atoms with Crippen LogP contribution < -0.4 is 26.4 Å². The Balaban J connectivity index is 1.33. The maximum absolute atomic E-state index is 13.3. The summed E-state index contributed by atoms with van der Waals surface area (Å²) >= 11 is 2.12. The van der Waals surface area contributed by atoms with Crippen LogP contribution in [0, 0.1) is 9.49 Å². The lowest BCUT2D eigenvalue weighted by molar-refractivity contribution is -0.134. The standard InChI is InChI=1S/C42H70IN5O18/c1-54-37-3-2-35(43)31-36(37)47-6-4-40(51)48(42(47)53)33-46-41(52)34(30-39(45)50)32-66-29-28-65-27-26-64-25-24-63-23-22-62-21-20-61-19-18-60-17-16-59-15-14-58-13-12-57-11-10-56-9-8-55-7-5-38(44)49/h2-3,31,34H,4-30,32-33H2,1H3,(H2,44,49)(H2,45,50)(H,46,52)/t34-/m0/s1. The topological polar surface area (TPSA) is 276 Å². The molecule has 0 aliphatic carbocycles. The van der Waals surface area contributed by atoms with Crippen molar-refractivity contribution in [1.82, 2.24) is 10.2 Å². The molecule has 6 amide bonds. The molecule has 1 fully saturated rings. The van der Waals surface area contributed by atoms with Gasteiger partial charge in [0.1, 0.15) is 12.4 Å². The van der Waals surface area contributed by atoms with Gasteiger partial charge in [-0.1, -0.05) is 0 Å². The average molecular weight is 1060 g/mol. The van der Waals surface area contributed by atoms with Crippen LogP contribution in [0.25, 0.3) is 0 Å². The highest BCUT2D eigenvalue weighted by Crippen LogP contribution is 2.32. The summed E-state index contributed by atoms with van der Waals surface area (Å²) in [4.78, 5) is 63.6. The first-order valence-corrected chi connectivity index (χ1v) is 22.9. The van der Waals surface area contributed by atoms with Gasteiger partial charge in [0.2, 0.25) is 23.6 Å². The SMILES string of the molecule is COc1ccc(I)cc1N1CCC(=O)N(CNC(=O)[C@H](COCCOCCOCCOCCOCCOCCOCCOCCOCCOCCOCCOCCC(N)=O)CC(N)=O)C1=O. The van der Waals surface area contributed by atoms with E-state index in [1.165, 1.54) is 12.0 Å². The van der Waals surface area contributed by atoms with Gasteiger partial charge in [0.25, 0.3) is 0 Å². The van der Waals surface area contributed by atoms with Crippen molar-refractivity contribution in [2.45, 2.75) is 19.3 Å². The minimum atomic E-state index is -0.938. The summed E-state index contributed by atoms with van der Waals surface area (Å²) in [6, 6.07) is 4.74. The number of benzene rings is 1. The van der Waals surface area contributed by atoms with Crippen LogP contribution in [0.2, 0.25) is 0 Å². The summed E-state index contributed by atoms with van der Waals surface area (Å²) in [7, 11) is 1.49. The first-order chi connectivity index (χ1) is 32.1. The third kappa shape index (κ3) is 29.4. The Hall–Kier alpha value is -3.38. The lowest BCUT2D eigenvalue weighted by atomic mass is 10.1. The van der Waals surface area contributed by atoms with Gasteiger partial charge in [-0.05, 0) is 40.8 Å². The monoisotopic (exact) mass is 1060 g/mol. The van der Waals surface area contributed by atoms with Gasteiger partial charge in [0.05, 0.1) is 177 Å². The van der Waals surface area contributed by atoms with E-state index in [2.05, 4.69) is 27.9 Å². The summed E-state index contributed by atoms with van der Waals surface area (Å²) in [5.41, 5.74) is 10.9. The predicted octanol–water partition coefficient (Wildman–Crippen LogP) is 0.0984. The fraction of sp³-hybridized carbons (Fsp3) is 0.738. The number of carbonyl (C=O) groups excluding carboxylic acids is 5. The van der Waals surface area contributed by atoms with Crippen molar-refractivity contribution in [3.05, 3.63) is 21.8 Å². The molecular weight excluding hydrogens is 989 g/mol. The van der Waals surface area contributed by atoms with Crippen LogP contribution in [0.15, 0.2) is 18.2 Å². The molecule has 23 nitrogen and oxygen atoms in total. The van der Waals surface area contributed by atoms with E-state index < -0.39 is 29.7 Å². The van der Waals surface area contributed by atoms with E-state index in [9.17, 15) is 24.0 Å². The summed E-state index contributed by atoms with van der Waals surface area (Å²) < 4.78 is 71.7. The number of urea groups is 1. The van der Waals surface area contributed by atoms with Crippen LogP contribution in [-0.4, -0.2) is 213 Å². The number of primary amides is 2.